The Kier molecular flexibility index (Phi) is 4.68. The maximum Gasteiger partial charge on any atom is 0.0454 e. The Morgan fingerprint density at radius 2 is 1.95 bits per heavy atom. The maximum absolute atomic E-state index is 6.37. The van der Waals surface area contributed by atoms with Crippen molar-refractivity contribution in [3.63, 3.8) is 0 Å². The summed E-state index contributed by atoms with van der Waals surface area (Å²) in [5, 5.41) is 4.22. The van der Waals surface area contributed by atoms with Crippen LogP contribution in [0.1, 0.15) is 34.7 Å². The van der Waals surface area contributed by atoms with E-state index < -0.39 is 0 Å². The zero-order valence-corrected chi connectivity index (χ0v) is 14.5. The third-order valence-electron chi connectivity index (χ3n) is 4.28. The first-order valence-corrected chi connectivity index (χ1v) is 8.57. The first-order chi connectivity index (χ1) is 10.2. The van der Waals surface area contributed by atoms with Crippen LogP contribution in [0.25, 0.3) is 0 Å². The number of halogens is 2. The van der Waals surface area contributed by atoms with Gasteiger partial charge in [-0.3, -0.25) is 0 Å². The van der Waals surface area contributed by atoms with Gasteiger partial charge in [0.15, 0.2) is 0 Å². The number of fused-ring (bicyclic) bond motifs is 1. The monoisotopic (exact) mass is 363 g/mol. The van der Waals surface area contributed by atoms with Gasteiger partial charge in [0.2, 0.25) is 0 Å². The number of hydrogen-bond donors (Lipinski definition) is 1. The van der Waals surface area contributed by atoms with E-state index in [4.69, 9.17) is 11.6 Å². The summed E-state index contributed by atoms with van der Waals surface area (Å²) in [5.41, 5.74) is 5.59. The van der Waals surface area contributed by atoms with Crippen LogP contribution >= 0.6 is 27.5 Å². The van der Waals surface area contributed by atoms with Crippen LogP contribution < -0.4 is 5.32 Å². The Morgan fingerprint density at radius 3 is 2.76 bits per heavy atom. The van der Waals surface area contributed by atoms with Crippen molar-refractivity contribution in [3.8, 4) is 0 Å². The molecule has 2 aromatic rings. The molecular formula is C18H19BrClN. The van der Waals surface area contributed by atoms with Crippen molar-refractivity contribution in [1.82, 2.24) is 5.32 Å². The summed E-state index contributed by atoms with van der Waals surface area (Å²) >= 11 is 9.90. The van der Waals surface area contributed by atoms with Crippen LogP contribution in [0.15, 0.2) is 40.9 Å². The lowest BCUT2D eigenvalue weighted by Gasteiger charge is -2.19. The molecule has 0 amide bonds. The maximum atomic E-state index is 6.37. The molecule has 0 fully saturated rings. The largest absolute Gasteiger partial charge is 0.313 e. The quantitative estimate of drug-likeness (QED) is 0.796. The van der Waals surface area contributed by atoms with Gasteiger partial charge in [0, 0.05) is 15.5 Å². The van der Waals surface area contributed by atoms with Gasteiger partial charge in [-0.1, -0.05) is 45.7 Å². The van der Waals surface area contributed by atoms with E-state index in [1.54, 1.807) is 0 Å². The molecule has 0 spiro atoms. The second-order valence-electron chi connectivity index (χ2n) is 5.67. The van der Waals surface area contributed by atoms with E-state index in [0.29, 0.717) is 0 Å². The molecule has 1 aliphatic carbocycles. The van der Waals surface area contributed by atoms with Gasteiger partial charge in [-0.15, -0.1) is 0 Å². The van der Waals surface area contributed by atoms with Crippen LogP contribution in [0.5, 0.6) is 0 Å². The molecule has 0 aliphatic heterocycles. The van der Waals surface area contributed by atoms with Crippen LogP contribution in [0, 0.1) is 0 Å². The van der Waals surface area contributed by atoms with Gasteiger partial charge >= 0.3 is 0 Å². The lowest BCUT2D eigenvalue weighted by Crippen LogP contribution is -2.19. The molecule has 1 unspecified atom stereocenters. The summed E-state index contributed by atoms with van der Waals surface area (Å²) in [7, 11) is 2.00. The van der Waals surface area contributed by atoms with Crippen LogP contribution in [0.3, 0.4) is 0 Å². The molecule has 1 atom stereocenters. The first-order valence-electron chi connectivity index (χ1n) is 7.40. The van der Waals surface area contributed by atoms with Gasteiger partial charge < -0.3 is 5.32 Å². The minimum Gasteiger partial charge on any atom is -0.313 e. The van der Waals surface area contributed by atoms with E-state index in [1.807, 2.05) is 19.2 Å². The third kappa shape index (κ3) is 3.33. The molecular weight excluding hydrogens is 346 g/mol. The van der Waals surface area contributed by atoms with Crippen molar-refractivity contribution in [3.05, 3.63) is 68.1 Å². The van der Waals surface area contributed by atoms with Crippen molar-refractivity contribution in [2.45, 2.75) is 31.7 Å². The Morgan fingerprint density at radius 1 is 1.14 bits per heavy atom. The van der Waals surface area contributed by atoms with Crippen molar-refractivity contribution in [2.24, 2.45) is 0 Å². The number of likely N-dealkylation sites (N-methyl/N-ethyl adjacent to an activating group) is 1. The lowest BCUT2D eigenvalue weighted by molar-refractivity contribution is 0.591. The van der Waals surface area contributed by atoms with Crippen molar-refractivity contribution < 1.29 is 0 Å². The molecule has 1 N–H and O–H groups in total. The normalized spacial score (nSPS) is 15.0. The summed E-state index contributed by atoms with van der Waals surface area (Å²) in [6, 6.07) is 13.2. The minimum absolute atomic E-state index is 0.231. The van der Waals surface area contributed by atoms with Gasteiger partial charge in [0.1, 0.15) is 0 Å². The van der Waals surface area contributed by atoms with Gasteiger partial charge in [0.25, 0.3) is 0 Å². The molecule has 21 heavy (non-hydrogen) atoms. The lowest BCUT2D eigenvalue weighted by atomic mass is 9.96. The fourth-order valence-corrected chi connectivity index (χ4v) is 3.77. The zero-order chi connectivity index (χ0) is 14.8. The van der Waals surface area contributed by atoms with E-state index in [2.05, 4.69) is 45.5 Å². The highest BCUT2D eigenvalue weighted by atomic mass is 79.9. The highest BCUT2D eigenvalue weighted by Crippen LogP contribution is 2.30. The van der Waals surface area contributed by atoms with Gasteiger partial charge in [-0.05, 0) is 73.2 Å². The molecule has 1 nitrogen and oxygen atoms in total. The predicted molar refractivity (Wildman–Crippen MR) is 93.1 cm³/mol. The van der Waals surface area contributed by atoms with E-state index in [-0.39, 0.29) is 6.04 Å². The predicted octanol–water partition coefficient (Wildman–Crippen LogP) is 5.09. The van der Waals surface area contributed by atoms with Crippen molar-refractivity contribution >= 4 is 27.5 Å². The highest BCUT2D eigenvalue weighted by molar-refractivity contribution is 9.10. The molecule has 0 radical (unpaired) electrons. The number of benzene rings is 2. The summed E-state index contributed by atoms with van der Waals surface area (Å²) < 4.78 is 1.07. The number of aryl methyl sites for hydroxylation is 2. The van der Waals surface area contributed by atoms with Crippen LogP contribution in [-0.2, 0) is 19.3 Å². The molecule has 0 bridgehead atoms. The van der Waals surface area contributed by atoms with E-state index in [0.717, 1.165) is 21.5 Å². The van der Waals surface area contributed by atoms with Crippen molar-refractivity contribution in [1.29, 1.82) is 0 Å². The molecule has 3 heteroatoms. The highest BCUT2D eigenvalue weighted by Gasteiger charge is 2.16. The summed E-state index contributed by atoms with van der Waals surface area (Å²) in [4.78, 5) is 0. The SMILES string of the molecule is CNC(Cc1ccc2c(c1)CCC2)c1cc(Br)ccc1Cl. The van der Waals surface area contributed by atoms with E-state index >= 15 is 0 Å². The molecule has 2 aromatic carbocycles. The summed E-state index contributed by atoms with van der Waals surface area (Å²) in [6.07, 6.45) is 4.72. The van der Waals surface area contributed by atoms with E-state index in [9.17, 15) is 0 Å². The molecule has 0 aromatic heterocycles. The van der Waals surface area contributed by atoms with Crippen LogP contribution in [0.4, 0.5) is 0 Å². The second-order valence-corrected chi connectivity index (χ2v) is 6.99. The molecule has 0 saturated carbocycles. The first kappa shape index (κ1) is 15.1. The minimum atomic E-state index is 0.231. The number of rotatable bonds is 4. The Labute approximate surface area is 139 Å². The second kappa shape index (κ2) is 6.51. The Hall–Kier alpha value is -0.830. The summed E-state index contributed by atoms with van der Waals surface area (Å²) in [5.74, 6) is 0. The third-order valence-corrected chi connectivity index (χ3v) is 5.12. The topological polar surface area (TPSA) is 12.0 Å². The average molecular weight is 365 g/mol. The smallest absolute Gasteiger partial charge is 0.0454 e. The standard InChI is InChI=1S/C18H19BrClN/c1-21-18(16-11-15(19)7-8-17(16)20)10-12-5-6-13-3-2-4-14(13)9-12/h5-9,11,18,21H,2-4,10H2,1H3. The van der Waals surface area contributed by atoms with Gasteiger partial charge in [-0.2, -0.15) is 0 Å². The number of hydrogen-bond acceptors (Lipinski definition) is 1. The van der Waals surface area contributed by atoms with E-state index in [1.165, 1.54) is 36.0 Å². The fraction of sp³-hybridized carbons (Fsp3) is 0.333. The van der Waals surface area contributed by atoms with Crippen LogP contribution in [0.2, 0.25) is 5.02 Å². The summed E-state index contributed by atoms with van der Waals surface area (Å²) in [6.45, 7) is 0. The van der Waals surface area contributed by atoms with Gasteiger partial charge in [-0.25, -0.2) is 0 Å². The molecule has 110 valence electrons. The Balaban J connectivity index is 1.86. The Bertz CT molecular complexity index is 654. The average Bonchev–Trinajstić information content (AvgIpc) is 2.95. The molecule has 1 aliphatic rings. The molecule has 3 rings (SSSR count). The molecule has 0 saturated heterocycles. The van der Waals surface area contributed by atoms with Crippen molar-refractivity contribution in [2.75, 3.05) is 7.05 Å². The van der Waals surface area contributed by atoms with Gasteiger partial charge in [0.05, 0.1) is 0 Å². The molecule has 0 heterocycles. The van der Waals surface area contributed by atoms with Crippen LogP contribution in [-0.4, -0.2) is 7.05 Å². The fourth-order valence-electron chi connectivity index (χ4n) is 3.14. The number of nitrogens with one attached hydrogen (secondary N) is 1. The zero-order valence-electron chi connectivity index (χ0n) is 12.1.